The molecule has 0 aliphatic carbocycles. The summed E-state index contributed by atoms with van der Waals surface area (Å²) >= 11 is 6.14. The van der Waals surface area contributed by atoms with E-state index in [4.69, 9.17) is 26.2 Å². The fraction of sp³-hybridized carbons (Fsp3) is 0.278. The molecule has 0 fully saturated rings. The summed E-state index contributed by atoms with van der Waals surface area (Å²) in [5.41, 5.74) is 0.932. The monoisotopic (exact) mass is 349 g/mol. The largest absolute Gasteiger partial charge is 0.497 e. The molecule has 1 unspecified atom stereocenters. The Morgan fingerprint density at radius 3 is 2.46 bits per heavy atom. The first-order valence-electron chi connectivity index (χ1n) is 7.52. The van der Waals surface area contributed by atoms with Crippen LogP contribution in [0.2, 0.25) is 5.02 Å². The average Bonchev–Trinajstić information content (AvgIpc) is 2.61. The van der Waals surface area contributed by atoms with Gasteiger partial charge in [0.25, 0.3) is 0 Å². The van der Waals surface area contributed by atoms with E-state index in [1.54, 1.807) is 44.4 Å². The predicted molar refractivity (Wildman–Crippen MR) is 92.6 cm³/mol. The van der Waals surface area contributed by atoms with Crippen LogP contribution in [-0.2, 0) is 11.3 Å². The Labute approximate surface area is 146 Å². The van der Waals surface area contributed by atoms with Crippen molar-refractivity contribution in [3.8, 4) is 17.2 Å². The Bertz CT molecular complexity index is 688. The molecule has 0 heterocycles. The van der Waals surface area contributed by atoms with Gasteiger partial charge in [-0.3, -0.25) is 4.79 Å². The fourth-order valence-electron chi connectivity index (χ4n) is 1.94. The number of carbonyl (C=O) groups is 1. The molecule has 0 spiro atoms. The molecular weight excluding hydrogens is 330 g/mol. The van der Waals surface area contributed by atoms with Gasteiger partial charge in [-0.05, 0) is 29.8 Å². The summed E-state index contributed by atoms with van der Waals surface area (Å²) in [6, 6.07) is 12.5. The number of aliphatic hydroxyl groups is 1. The molecule has 1 atom stereocenters. The van der Waals surface area contributed by atoms with E-state index >= 15 is 0 Å². The van der Waals surface area contributed by atoms with Crippen LogP contribution in [0.4, 0.5) is 0 Å². The van der Waals surface area contributed by atoms with Crippen LogP contribution >= 0.6 is 11.6 Å². The third-order valence-electron chi connectivity index (χ3n) is 3.48. The molecule has 0 aromatic heterocycles. The van der Waals surface area contributed by atoms with Gasteiger partial charge in [-0.15, -0.1) is 0 Å². The molecule has 2 rings (SSSR count). The molecule has 2 aromatic carbocycles. The Hall–Kier alpha value is -2.24. The SMILES string of the molecule is COc1ccc(Oc2ccc(CNC(=O)C(C)CO)cc2)c(Cl)c1. The van der Waals surface area contributed by atoms with Gasteiger partial charge in [0.2, 0.25) is 5.91 Å². The van der Waals surface area contributed by atoms with Crippen LogP contribution in [0.15, 0.2) is 42.5 Å². The van der Waals surface area contributed by atoms with Crippen LogP contribution in [0.1, 0.15) is 12.5 Å². The van der Waals surface area contributed by atoms with Crippen molar-refractivity contribution in [2.24, 2.45) is 5.92 Å². The van der Waals surface area contributed by atoms with Gasteiger partial charge in [-0.1, -0.05) is 30.7 Å². The number of amides is 1. The van der Waals surface area contributed by atoms with Crippen LogP contribution in [0, 0.1) is 5.92 Å². The molecule has 6 heteroatoms. The lowest BCUT2D eigenvalue weighted by Crippen LogP contribution is -2.30. The van der Waals surface area contributed by atoms with Crippen molar-refractivity contribution in [2.45, 2.75) is 13.5 Å². The summed E-state index contributed by atoms with van der Waals surface area (Å²) in [6.45, 7) is 1.90. The summed E-state index contributed by atoms with van der Waals surface area (Å²) in [6.07, 6.45) is 0. The summed E-state index contributed by atoms with van der Waals surface area (Å²) in [4.78, 5) is 11.6. The zero-order valence-electron chi connectivity index (χ0n) is 13.6. The lowest BCUT2D eigenvalue weighted by molar-refractivity contribution is -0.125. The molecule has 0 radical (unpaired) electrons. The lowest BCUT2D eigenvalue weighted by Gasteiger charge is -2.11. The molecule has 0 aliphatic heterocycles. The normalized spacial score (nSPS) is 11.7. The number of hydrogen-bond donors (Lipinski definition) is 2. The smallest absolute Gasteiger partial charge is 0.225 e. The standard InChI is InChI=1S/C18H20ClNO4/c1-12(11-21)18(22)20-10-13-3-5-14(6-4-13)24-17-8-7-15(23-2)9-16(17)19/h3-9,12,21H,10-11H2,1-2H3,(H,20,22). The molecule has 24 heavy (non-hydrogen) atoms. The minimum Gasteiger partial charge on any atom is -0.497 e. The summed E-state index contributed by atoms with van der Waals surface area (Å²) in [5, 5.41) is 12.2. The second-order valence-corrected chi connectivity index (χ2v) is 5.75. The maximum absolute atomic E-state index is 11.6. The minimum absolute atomic E-state index is 0.165. The highest BCUT2D eigenvalue weighted by Crippen LogP contribution is 2.32. The highest BCUT2D eigenvalue weighted by atomic mass is 35.5. The number of hydrogen-bond acceptors (Lipinski definition) is 4. The van der Waals surface area contributed by atoms with Crippen molar-refractivity contribution < 1.29 is 19.4 Å². The molecule has 5 nitrogen and oxygen atoms in total. The maximum Gasteiger partial charge on any atom is 0.225 e. The van der Waals surface area contributed by atoms with Gasteiger partial charge in [0.15, 0.2) is 0 Å². The van der Waals surface area contributed by atoms with Crippen LogP contribution < -0.4 is 14.8 Å². The highest BCUT2D eigenvalue weighted by molar-refractivity contribution is 6.32. The summed E-state index contributed by atoms with van der Waals surface area (Å²) < 4.78 is 10.8. The van der Waals surface area contributed by atoms with Crippen molar-refractivity contribution in [1.82, 2.24) is 5.32 Å². The van der Waals surface area contributed by atoms with Crippen LogP contribution in [0.25, 0.3) is 0 Å². The lowest BCUT2D eigenvalue weighted by atomic mass is 10.1. The molecular formula is C18H20ClNO4. The first kappa shape index (κ1) is 18.1. The third-order valence-corrected chi connectivity index (χ3v) is 3.77. The van der Waals surface area contributed by atoms with E-state index in [1.807, 2.05) is 12.1 Å². The first-order chi connectivity index (χ1) is 11.5. The number of ether oxygens (including phenoxy) is 2. The predicted octanol–water partition coefficient (Wildman–Crippen LogP) is 3.39. The highest BCUT2D eigenvalue weighted by Gasteiger charge is 2.10. The number of halogens is 1. The van der Waals surface area contributed by atoms with Crippen molar-refractivity contribution >= 4 is 17.5 Å². The first-order valence-corrected chi connectivity index (χ1v) is 7.90. The molecule has 0 saturated carbocycles. The zero-order valence-corrected chi connectivity index (χ0v) is 14.3. The molecule has 2 aromatic rings. The van der Waals surface area contributed by atoms with E-state index in [9.17, 15) is 4.79 Å². The number of carbonyl (C=O) groups excluding carboxylic acids is 1. The molecule has 0 aliphatic rings. The molecule has 0 bridgehead atoms. The van der Waals surface area contributed by atoms with Crippen molar-refractivity contribution in [1.29, 1.82) is 0 Å². The number of rotatable bonds is 7. The number of methoxy groups -OCH3 is 1. The Morgan fingerprint density at radius 1 is 1.21 bits per heavy atom. The van der Waals surface area contributed by atoms with E-state index in [0.717, 1.165) is 5.56 Å². The topological polar surface area (TPSA) is 67.8 Å². The molecule has 1 amide bonds. The Balaban J connectivity index is 1.96. The van der Waals surface area contributed by atoms with Gasteiger partial charge in [-0.25, -0.2) is 0 Å². The van der Waals surface area contributed by atoms with E-state index in [0.29, 0.717) is 28.8 Å². The Morgan fingerprint density at radius 2 is 1.88 bits per heavy atom. The van der Waals surface area contributed by atoms with Crippen LogP contribution in [0.3, 0.4) is 0 Å². The van der Waals surface area contributed by atoms with E-state index in [1.165, 1.54) is 0 Å². The minimum atomic E-state index is -0.412. The van der Waals surface area contributed by atoms with Gasteiger partial charge < -0.3 is 19.9 Å². The number of nitrogens with one attached hydrogen (secondary N) is 1. The van der Waals surface area contributed by atoms with Crippen LogP contribution in [-0.4, -0.2) is 24.7 Å². The maximum atomic E-state index is 11.6. The van der Waals surface area contributed by atoms with Gasteiger partial charge in [-0.2, -0.15) is 0 Å². The summed E-state index contributed by atoms with van der Waals surface area (Å²) in [7, 11) is 1.57. The zero-order chi connectivity index (χ0) is 17.5. The van der Waals surface area contributed by atoms with Gasteiger partial charge in [0, 0.05) is 12.6 Å². The van der Waals surface area contributed by atoms with Gasteiger partial charge in [0.1, 0.15) is 17.2 Å². The fourth-order valence-corrected chi connectivity index (χ4v) is 2.15. The second-order valence-electron chi connectivity index (χ2n) is 5.34. The quantitative estimate of drug-likeness (QED) is 0.804. The molecule has 2 N–H and O–H groups in total. The summed E-state index contributed by atoms with van der Waals surface area (Å²) in [5.74, 6) is 1.25. The second kappa shape index (κ2) is 8.57. The van der Waals surface area contributed by atoms with Crippen molar-refractivity contribution in [2.75, 3.05) is 13.7 Å². The third kappa shape index (κ3) is 4.88. The van der Waals surface area contributed by atoms with E-state index < -0.39 is 5.92 Å². The van der Waals surface area contributed by atoms with Gasteiger partial charge in [0.05, 0.1) is 24.7 Å². The Kier molecular flexibility index (Phi) is 6.46. The molecule has 128 valence electrons. The average molecular weight is 350 g/mol. The van der Waals surface area contributed by atoms with Crippen molar-refractivity contribution in [3.05, 3.63) is 53.1 Å². The van der Waals surface area contributed by atoms with E-state index in [2.05, 4.69) is 5.32 Å². The number of benzene rings is 2. The van der Waals surface area contributed by atoms with Gasteiger partial charge >= 0.3 is 0 Å². The number of aliphatic hydroxyl groups excluding tert-OH is 1. The van der Waals surface area contributed by atoms with Crippen LogP contribution in [0.5, 0.6) is 17.2 Å². The molecule has 0 saturated heterocycles. The van der Waals surface area contributed by atoms with E-state index in [-0.39, 0.29) is 12.5 Å². The van der Waals surface area contributed by atoms with Crippen molar-refractivity contribution in [3.63, 3.8) is 0 Å².